The van der Waals surface area contributed by atoms with E-state index < -0.39 is 17.7 Å². The summed E-state index contributed by atoms with van der Waals surface area (Å²) in [6, 6.07) is -0.102. The summed E-state index contributed by atoms with van der Waals surface area (Å²) in [6.45, 7) is 8.83. The van der Waals surface area contributed by atoms with Gasteiger partial charge in [0.25, 0.3) is 0 Å². The summed E-state index contributed by atoms with van der Waals surface area (Å²) in [5.41, 5.74) is -0.739. The van der Waals surface area contributed by atoms with Gasteiger partial charge in [-0.2, -0.15) is 0 Å². The Hall–Kier alpha value is -2.01. The van der Waals surface area contributed by atoms with Crippen molar-refractivity contribution in [3.05, 3.63) is 15.7 Å². The number of nitrogens with one attached hydrogen (secondary N) is 2. The van der Waals surface area contributed by atoms with Crippen LogP contribution in [0.4, 0.5) is 10.6 Å². The fourth-order valence-corrected chi connectivity index (χ4v) is 5.04. The van der Waals surface area contributed by atoms with Gasteiger partial charge in [0.1, 0.15) is 28.6 Å². The van der Waals surface area contributed by atoms with Crippen molar-refractivity contribution >= 4 is 41.1 Å². The van der Waals surface area contributed by atoms with E-state index >= 15 is 0 Å². The molecule has 1 saturated carbocycles. The summed E-state index contributed by atoms with van der Waals surface area (Å²) in [6.07, 6.45) is -0.401. The van der Waals surface area contributed by atoms with E-state index in [1.807, 2.05) is 20.8 Å². The zero-order chi connectivity index (χ0) is 24.8. The Kier molecular flexibility index (Phi) is 7.06. The third-order valence-corrected chi connectivity index (χ3v) is 7.01. The first kappa shape index (κ1) is 25.1. The van der Waals surface area contributed by atoms with Gasteiger partial charge in [-0.05, 0) is 39.7 Å². The zero-order valence-corrected chi connectivity index (χ0v) is 21.2. The van der Waals surface area contributed by atoms with Crippen LogP contribution in [0.1, 0.15) is 31.1 Å². The van der Waals surface area contributed by atoms with Crippen LogP contribution in [-0.4, -0.2) is 96.0 Å². The first-order chi connectivity index (χ1) is 15.9. The minimum Gasteiger partial charge on any atom is -0.489 e. The normalized spacial score (nSPS) is 26.7. The van der Waals surface area contributed by atoms with Crippen molar-refractivity contribution in [1.82, 2.24) is 20.1 Å². The fourth-order valence-electron chi connectivity index (χ4n) is 4.68. The number of carbonyl (C=O) groups excluding carboxylic acids is 1. The van der Waals surface area contributed by atoms with Crippen molar-refractivity contribution in [2.45, 2.75) is 38.5 Å². The maximum absolute atomic E-state index is 12.4. The Balaban J connectivity index is 1.46. The molecular weight excluding hydrogens is 485 g/mol. The van der Waals surface area contributed by atoms with E-state index in [-0.39, 0.29) is 46.0 Å². The molecule has 3 aliphatic rings. The summed E-state index contributed by atoms with van der Waals surface area (Å²) in [7, 11) is 2.07. The number of piperidine rings is 1. The lowest BCUT2D eigenvalue weighted by atomic mass is 10.2. The van der Waals surface area contributed by atoms with E-state index in [4.69, 9.17) is 32.7 Å². The van der Waals surface area contributed by atoms with Gasteiger partial charge in [0.2, 0.25) is 0 Å². The van der Waals surface area contributed by atoms with Crippen molar-refractivity contribution in [1.29, 1.82) is 0 Å². The highest BCUT2D eigenvalue weighted by Gasteiger charge is 2.55. The zero-order valence-electron chi connectivity index (χ0n) is 19.7. The molecule has 188 valence electrons. The first-order valence-electron chi connectivity index (χ1n) is 11.4. The summed E-state index contributed by atoms with van der Waals surface area (Å²) in [4.78, 5) is 32.7. The number of ether oxygens (including phenoxy) is 2. The van der Waals surface area contributed by atoms with Crippen molar-refractivity contribution < 1.29 is 24.2 Å². The van der Waals surface area contributed by atoms with Gasteiger partial charge in [0.15, 0.2) is 10.9 Å². The molecule has 4 rings (SSSR count). The quantitative estimate of drug-likeness (QED) is 0.491. The number of nitrogens with zero attached hydrogens (tertiary/aromatic N) is 3. The molecule has 1 amide bonds. The van der Waals surface area contributed by atoms with Crippen LogP contribution < -0.4 is 15.4 Å². The second kappa shape index (κ2) is 9.56. The molecule has 3 heterocycles. The number of carboxylic acid groups (broad SMARTS) is 1. The number of aromatic nitrogens is 1. The number of carbonyl (C=O) groups is 2. The highest BCUT2D eigenvalue weighted by atomic mass is 35.5. The number of fused-ring (bicyclic) bond motifs is 1. The van der Waals surface area contributed by atoms with E-state index in [2.05, 4.69) is 27.6 Å². The highest BCUT2D eigenvalue weighted by Crippen LogP contribution is 2.48. The maximum Gasteiger partial charge on any atom is 0.410 e. The molecule has 10 nitrogen and oxygen atoms in total. The van der Waals surface area contributed by atoms with Crippen LogP contribution in [0.2, 0.25) is 10.2 Å². The molecular formula is C22H31Cl2N5O5. The average Bonchev–Trinajstić information content (AvgIpc) is 3.18. The summed E-state index contributed by atoms with van der Waals surface area (Å²) >= 11 is 12.6. The molecule has 0 radical (unpaired) electrons. The van der Waals surface area contributed by atoms with Crippen LogP contribution in [0.5, 0.6) is 5.75 Å². The van der Waals surface area contributed by atoms with E-state index in [9.17, 15) is 14.7 Å². The lowest BCUT2D eigenvalue weighted by molar-refractivity contribution is 0.0178. The van der Waals surface area contributed by atoms with Crippen molar-refractivity contribution in [2.75, 3.05) is 51.7 Å². The highest BCUT2D eigenvalue weighted by molar-refractivity contribution is 6.42. The largest absolute Gasteiger partial charge is 0.489 e. The number of rotatable bonds is 6. The summed E-state index contributed by atoms with van der Waals surface area (Å²) < 4.78 is 11.4. The predicted molar refractivity (Wildman–Crippen MR) is 128 cm³/mol. The van der Waals surface area contributed by atoms with Crippen LogP contribution in [0.15, 0.2) is 0 Å². The van der Waals surface area contributed by atoms with Crippen LogP contribution in [0.3, 0.4) is 0 Å². The number of carboxylic acids is 1. The number of aromatic carboxylic acids is 1. The van der Waals surface area contributed by atoms with Crippen molar-refractivity contribution in [3.63, 3.8) is 0 Å². The minimum absolute atomic E-state index is 0.0286. The molecule has 2 saturated heterocycles. The monoisotopic (exact) mass is 515 g/mol. The van der Waals surface area contributed by atoms with Gasteiger partial charge in [-0.3, -0.25) is 0 Å². The second-order valence-electron chi connectivity index (χ2n) is 10.2. The third-order valence-electron chi connectivity index (χ3n) is 6.28. The standard InChI is InChI=1S/C22H31Cl2N5O5/c1-22(2,3)34-21(32)29-6-5-25-11(7-29)10-33-17-14(20(30)31)19(27-18(24)15(17)23)26-16-12-8-28(4)9-13(12)16/h11-13,16,25H,5-10H2,1-4H3,(H,26,27)(H,30,31)/t11-,12?,13?,16?/m1/s1. The van der Waals surface area contributed by atoms with Crippen LogP contribution in [-0.2, 0) is 4.74 Å². The molecule has 34 heavy (non-hydrogen) atoms. The molecule has 12 heteroatoms. The van der Waals surface area contributed by atoms with E-state index in [0.29, 0.717) is 31.5 Å². The molecule has 1 aromatic heterocycles. The second-order valence-corrected chi connectivity index (χ2v) is 10.9. The molecule has 1 aromatic rings. The molecule has 3 atom stereocenters. The van der Waals surface area contributed by atoms with Gasteiger partial charge in [-0.1, -0.05) is 23.2 Å². The van der Waals surface area contributed by atoms with Gasteiger partial charge in [0.05, 0.1) is 6.04 Å². The van der Waals surface area contributed by atoms with Gasteiger partial charge in [-0.15, -0.1) is 0 Å². The van der Waals surface area contributed by atoms with Gasteiger partial charge < -0.3 is 35.0 Å². The van der Waals surface area contributed by atoms with Gasteiger partial charge >= 0.3 is 12.1 Å². The number of hydrogen-bond acceptors (Lipinski definition) is 8. The molecule has 0 spiro atoms. The Labute approximate surface area is 208 Å². The average molecular weight is 516 g/mol. The molecule has 2 aliphatic heterocycles. The molecule has 3 N–H and O–H groups in total. The SMILES string of the molecule is CN1CC2C(C1)C2Nc1nc(Cl)c(Cl)c(OC[C@H]2CN(C(=O)OC(C)(C)C)CCN2)c1C(=O)O. The Morgan fingerprint density at radius 1 is 1.24 bits per heavy atom. The minimum atomic E-state index is -1.21. The van der Waals surface area contributed by atoms with Crippen molar-refractivity contribution in [2.24, 2.45) is 11.8 Å². The lowest BCUT2D eigenvalue weighted by Gasteiger charge is -2.34. The fraction of sp³-hybridized carbons (Fsp3) is 0.682. The number of piperazine rings is 1. The first-order valence-corrected chi connectivity index (χ1v) is 12.1. The number of amides is 1. The molecule has 3 fully saturated rings. The van der Waals surface area contributed by atoms with Crippen LogP contribution in [0, 0.1) is 11.8 Å². The Bertz CT molecular complexity index is 960. The molecule has 1 aliphatic carbocycles. The smallest absolute Gasteiger partial charge is 0.410 e. The number of pyridine rings is 1. The lowest BCUT2D eigenvalue weighted by Crippen LogP contribution is -2.55. The Morgan fingerprint density at radius 3 is 2.53 bits per heavy atom. The van der Waals surface area contributed by atoms with Crippen LogP contribution in [0.25, 0.3) is 0 Å². The topological polar surface area (TPSA) is 116 Å². The van der Waals surface area contributed by atoms with E-state index in [1.165, 1.54) is 0 Å². The number of likely N-dealkylation sites (tertiary alicyclic amines) is 1. The van der Waals surface area contributed by atoms with E-state index in [0.717, 1.165) is 13.1 Å². The number of halogens is 2. The van der Waals surface area contributed by atoms with Crippen molar-refractivity contribution in [3.8, 4) is 5.75 Å². The summed E-state index contributed by atoms with van der Waals surface area (Å²) in [5, 5.41) is 16.4. The van der Waals surface area contributed by atoms with Crippen LogP contribution >= 0.6 is 23.2 Å². The molecule has 0 bridgehead atoms. The maximum atomic E-state index is 12.4. The third kappa shape index (κ3) is 5.45. The molecule has 0 aromatic carbocycles. The van der Waals surface area contributed by atoms with Gasteiger partial charge in [-0.25, -0.2) is 14.6 Å². The summed E-state index contributed by atoms with van der Waals surface area (Å²) in [5.74, 6) is -0.171. The van der Waals surface area contributed by atoms with Gasteiger partial charge in [0, 0.05) is 38.8 Å². The number of anilines is 1. The Morgan fingerprint density at radius 2 is 1.91 bits per heavy atom. The predicted octanol–water partition coefficient (Wildman–Crippen LogP) is 2.65. The molecule has 2 unspecified atom stereocenters. The van der Waals surface area contributed by atoms with E-state index in [1.54, 1.807) is 4.90 Å². The number of hydrogen-bond donors (Lipinski definition) is 3.